The Hall–Kier alpha value is -0.610. The SMILES string of the molecule is COC(C)(C)CC(=O)NC1CNCCC1C. The highest BCUT2D eigenvalue weighted by Crippen LogP contribution is 2.15. The zero-order valence-corrected chi connectivity index (χ0v) is 10.8. The molecule has 0 spiro atoms. The lowest BCUT2D eigenvalue weighted by atomic mass is 9.94. The van der Waals surface area contributed by atoms with Gasteiger partial charge in [-0.15, -0.1) is 0 Å². The van der Waals surface area contributed by atoms with Crippen molar-refractivity contribution < 1.29 is 9.53 Å². The van der Waals surface area contributed by atoms with Crippen LogP contribution < -0.4 is 10.6 Å². The predicted octanol–water partition coefficient (Wildman–Crippen LogP) is 0.916. The lowest BCUT2D eigenvalue weighted by molar-refractivity contribution is -0.127. The largest absolute Gasteiger partial charge is 0.378 e. The van der Waals surface area contributed by atoms with Crippen LogP contribution in [0.15, 0.2) is 0 Å². The van der Waals surface area contributed by atoms with Crippen molar-refractivity contribution in [3.8, 4) is 0 Å². The minimum absolute atomic E-state index is 0.0763. The first-order chi connectivity index (χ1) is 7.44. The van der Waals surface area contributed by atoms with Crippen LogP contribution >= 0.6 is 0 Å². The number of carbonyl (C=O) groups is 1. The number of ether oxygens (including phenoxy) is 1. The summed E-state index contributed by atoms with van der Waals surface area (Å²) in [6.07, 6.45) is 1.53. The van der Waals surface area contributed by atoms with Gasteiger partial charge in [0, 0.05) is 19.7 Å². The minimum atomic E-state index is -0.380. The van der Waals surface area contributed by atoms with Crippen molar-refractivity contribution in [2.75, 3.05) is 20.2 Å². The lowest BCUT2D eigenvalue weighted by Crippen LogP contribution is -2.51. The molecule has 1 aliphatic heterocycles. The molecule has 0 aliphatic carbocycles. The van der Waals surface area contributed by atoms with Crippen LogP contribution in [0.1, 0.15) is 33.6 Å². The van der Waals surface area contributed by atoms with E-state index >= 15 is 0 Å². The normalized spacial score (nSPS) is 26.5. The molecule has 0 radical (unpaired) electrons. The van der Waals surface area contributed by atoms with Gasteiger partial charge in [-0.05, 0) is 32.7 Å². The van der Waals surface area contributed by atoms with Crippen LogP contribution in [0.3, 0.4) is 0 Å². The number of hydrogen-bond acceptors (Lipinski definition) is 3. The van der Waals surface area contributed by atoms with E-state index in [-0.39, 0.29) is 17.6 Å². The van der Waals surface area contributed by atoms with Gasteiger partial charge in [0.15, 0.2) is 0 Å². The van der Waals surface area contributed by atoms with Gasteiger partial charge >= 0.3 is 0 Å². The maximum Gasteiger partial charge on any atom is 0.223 e. The summed E-state index contributed by atoms with van der Waals surface area (Å²) in [6.45, 7) is 7.97. The van der Waals surface area contributed by atoms with E-state index in [2.05, 4.69) is 17.6 Å². The maximum absolute atomic E-state index is 11.8. The Bertz CT molecular complexity index is 241. The third kappa shape index (κ3) is 4.10. The molecule has 16 heavy (non-hydrogen) atoms. The molecule has 94 valence electrons. The standard InChI is InChI=1S/C12H24N2O2/c1-9-5-6-13-8-10(9)14-11(15)7-12(2,3)16-4/h9-10,13H,5-8H2,1-4H3,(H,14,15). The summed E-state index contributed by atoms with van der Waals surface area (Å²) in [5.41, 5.74) is -0.380. The van der Waals surface area contributed by atoms with E-state index in [1.54, 1.807) is 7.11 Å². The summed E-state index contributed by atoms with van der Waals surface area (Å²) in [5, 5.41) is 6.38. The average Bonchev–Trinajstić information content (AvgIpc) is 2.21. The van der Waals surface area contributed by atoms with Gasteiger partial charge in [-0.3, -0.25) is 4.79 Å². The van der Waals surface area contributed by atoms with E-state index in [4.69, 9.17) is 4.74 Å². The van der Waals surface area contributed by atoms with Crippen LogP contribution in [0.5, 0.6) is 0 Å². The van der Waals surface area contributed by atoms with Gasteiger partial charge in [0.1, 0.15) is 0 Å². The van der Waals surface area contributed by atoms with Crippen LogP contribution in [0.25, 0.3) is 0 Å². The molecular weight excluding hydrogens is 204 g/mol. The molecule has 2 atom stereocenters. The molecule has 1 heterocycles. The third-order valence-corrected chi connectivity index (χ3v) is 3.31. The molecule has 1 fully saturated rings. The summed E-state index contributed by atoms with van der Waals surface area (Å²) < 4.78 is 5.25. The van der Waals surface area contributed by atoms with Crippen molar-refractivity contribution >= 4 is 5.91 Å². The van der Waals surface area contributed by atoms with Crippen molar-refractivity contribution in [1.29, 1.82) is 0 Å². The highest BCUT2D eigenvalue weighted by molar-refractivity contribution is 5.77. The predicted molar refractivity (Wildman–Crippen MR) is 64.3 cm³/mol. The molecule has 0 aromatic heterocycles. The van der Waals surface area contributed by atoms with Gasteiger partial charge in [-0.2, -0.15) is 0 Å². The molecule has 4 nitrogen and oxygen atoms in total. The Morgan fingerprint density at radius 1 is 1.56 bits per heavy atom. The number of rotatable bonds is 4. The lowest BCUT2D eigenvalue weighted by Gasteiger charge is -2.31. The topological polar surface area (TPSA) is 50.4 Å². The zero-order chi connectivity index (χ0) is 12.2. The summed E-state index contributed by atoms with van der Waals surface area (Å²) >= 11 is 0. The Morgan fingerprint density at radius 3 is 2.81 bits per heavy atom. The summed E-state index contributed by atoms with van der Waals surface area (Å²) in [5.74, 6) is 0.628. The van der Waals surface area contributed by atoms with Gasteiger partial charge in [0.25, 0.3) is 0 Å². The zero-order valence-electron chi connectivity index (χ0n) is 10.8. The van der Waals surface area contributed by atoms with Gasteiger partial charge in [0.05, 0.1) is 12.0 Å². The molecule has 1 rings (SSSR count). The van der Waals surface area contributed by atoms with Gasteiger partial charge < -0.3 is 15.4 Å². The van der Waals surface area contributed by atoms with E-state index in [9.17, 15) is 4.79 Å². The number of nitrogens with one attached hydrogen (secondary N) is 2. The summed E-state index contributed by atoms with van der Waals surface area (Å²) in [6, 6.07) is 0.258. The van der Waals surface area contributed by atoms with Crippen LogP contribution in [0.2, 0.25) is 0 Å². The Kier molecular flexibility index (Phi) is 4.74. The Labute approximate surface area is 98.1 Å². The molecular formula is C12H24N2O2. The first-order valence-electron chi connectivity index (χ1n) is 6.00. The van der Waals surface area contributed by atoms with Gasteiger partial charge in [0.2, 0.25) is 5.91 Å². The van der Waals surface area contributed by atoms with Crippen molar-refractivity contribution in [3.05, 3.63) is 0 Å². The second-order valence-electron chi connectivity index (χ2n) is 5.28. The van der Waals surface area contributed by atoms with E-state index in [0.717, 1.165) is 19.5 Å². The fourth-order valence-electron chi connectivity index (χ4n) is 1.90. The first kappa shape index (κ1) is 13.5. The van der Waals surface area contributed by atoms with Crippen LogP contribution in [-0.4, -0.2) is 37.7 Å². The Morgan fingerprint density at radius 2 is 2.25 bits per heavy atom. The minimum Gasteiger partial charge on any atom is -0.378 e. The van der Waals surface area contributed by atoms with E-state index < -0.39 is 0 Å². The molecule has 0 saturated carbocycles. The molecule has 4 heteroatoms. The molecule has 0 aromatic rings. The van der Waals surface area contributed by atoms with Crippen LogP contribution in [0.4, 0.5) is 0 Å². The molecule has 1 saturated heterocycles. The highest BCUT2D eigenvalue weighted by Gasteiger charge is 2.26. The monoisotopic (exact) mass is 228 g/mol. The van der Waals surface area contributed by atoms with E-state index in [1.165, 1.54) is 0 Å². The quantitative estimate of drug-likeness (QED) is 0.752. The number of piperidine rings is 1. The fourth-order valence-corrected chi connectivity index (χ4v) is 1.90. The number of hydrogen-bond donors (Lipinski definition) is 2. The van der Waals surface area contributed by atoms with Crippen LogP contribution in [-0.2, 0) is 9.53 Å². The van der Waals surface area contributed by atoms with Gasteiger partial charge in [-0.25, -0.2) is 0 Å². The van der Waals surface area contributed by atoms with Crippen molar-refractivity contribution in [2.45, 2.75) is 45.3 Å². The van der Waals surface area contributed by atoms with E-state index in [0.29, 0.717) is 12.3 Å². The summed E-state index contributed by atoms with van der Waals surface area (Å²) in [4.78, 5) is 11.8. The van der Waals surface area contributed by atoms with Crippen molar-refractivity contribution in [2.24, 2.45) is 5.92 Å². The van der Waals surface area contributed by atoms with Crippen molar-refractivity contribution in [3.63, 3.8) is 0 Å². The third-order valence-electron chi connectivity index (χ3n) is 3.31. The molecule has 0 aromatic carbocycles. The van der Waals surface area contributed by atoms with Crippen molar-refractivity contribution in [1.82, 2.24) is 10.6 Å². The molecule has 1 aliphatic rings. The number of amides is 1. The highest BCUT2D eigenvalue weighted by atomic mass is 16.5. The molecule has 2 N–H and O–H groups in total. The maximum atomic E-state index is 11.8. The Balaban J connectivity index is 2.38. The second-order valence-corrected chi connectivity index (χ2v) is 5.28. The second kappa shape index (κ2) is 5.64. The molecule has 1 amide bonds. The van der Waals surface area contributed by atoms with Crippen LogP contribution in [0, 0.1) is 5.92 Å². The molecule has 0 bridgehead atoms. The fraction of sp³-hybridized carbons (Fsp3) is 0.917. The van der Waals surface area contributed by atoms with Gasteiger partial charge in [-0.1, -0.05) is 6.92 Å². The smallest absolute Gasteiger partial charge is 0.223 e. The number of methoxy groups -OCH3 is 1. The molecule has 2 unspecified atom stereocenters. The van der Waals surface area contributed by atoms with E-state index in [1.807, 2.05) is 13.8 Å². The average molecular weight is 228 g/mol. The number of carbonyl (C=O) groups excluding carboxylic acids is 1. The first-order valence-corrected chi connectivity index (χ1v) is 6.00. The summed E-state index contributed by atoms with van der Waals surface area (Å²) in [7, 11) is 1.64.